The highest BCUT2D eigenvalue weighted by atomic mass is 32.2. The summed E-state index contributed by atoms with van der Waals surface area (Å²) in [5.74, 6) is 0.270. The van der Waals surface area contributed by atoms with Crippen molar-refractivity contribution in [3.05, 3.63) is 17.0 Å². The highest BCUT2D eigenvalue weighted by Crippen LogP contribution is 2.33. The van der Waals surface area contributed by atoms with Gasteiger partial charge in [-0.3, -0.25) is 0 Å². The first-order valence-corrected chi connectivity index (χ1v) is 9.37. The number of nitrogens with one attached hydrogen (secondary N) is 1. The van der Waals surface area contributed by atoms with Crippen LogP contribution in [0.25, 0.3) is 0 Å². The van der Waals surface area contributed by atoms with Crippen LogP contribution in [-0.2, 0) is 15.4 Å². The topological polar surface area (TPSA) is 72.2 Å². The fourth-order valence-electron chi connectivity index (χ4n) is 2.60. The number of sulfonamides is 1. The van der Waals surface area contributed by atoms with E-state index in [0.29, 0.717) is 10.8 Å². The SMILES string of the molecule is CC(C)(C)c1ccc(S(=O)(=O)NC2CCCC2CN)s1. The van der Waals surface area contributed by atoms with Crippen LogP contribution in [0.15, 0.2) is 16.3 Å². The molecular formula is C14H24N2O2S2. The lowest BCUT2D eigenvalue weighted by Crippen LogP contribution is -2.39. The van der Waals surface area contributed by atoms with Crippen LogP contribution in [0.2, 0.25) is 0 Å². The van der Waals surface area contributed by atoms with Crippen LogP contribution in [0.4, 0.5) is 0 Å². The number of nitrogens with two attached hydrogens (primary N) is 1. The Hall–Kier alpha value is -0.430. The van der Waals surface area contributed by atoms with Crippen molar-refractivity contribution < 1.29 is 8.42 Å². The summed E-state index contributed by atoms with van der Waals surface area (Å²) < 4.78 is 28.1. The number of thiophene rings is 1. The second-order valence-electron chi connectivity index (χ2n) is 6.52. The first-order valence-electron chi connectivity index (χ1n) is 7.07. The minimum atomic E-state index is -3.41. The highest BCUT2D eigenvalue weighted by Gasteiger charge is 2.31. The summed E-state index contributed by atoms with van der Waals surface area (Å²) in [6, 6.07) is 3.61. The quantitative estimate of drug-likeness (QED) is 0.896. The molecule has 1 aliphatic carbocycles. The van der Waals surface area contributed by atoms with Gasteiger partial charge in [0.05, 0.1) is 0 Å². The lowest BCUT2D eigenvalue weighted by molar-refractivity contribution is 0.453. The van der Waals surface area contributed by atoms with Gasteiger partial charge in [-0.05, 0) is 42.9 Å². The first-order chi connectivity index (χ1) is 9.24. The van der Waals surface area contributed by atoms with Crippen molar-refractivity contribution in [2.45, 2.75) is 55.7 Å². The molecule has 1 heterocycles. The molecule has 114 valence electrons. The number of hydrogen-bond acceptors (Lipinski definition) is 4. The maximum atomic E-state index is 12.4. The van der Waals surface area contributed by atoms with E-state index in [-0.39, 0.29) is 17.4 Å². The van der Waals surface area contributed by atoms with Gasteiger partial charge in [0.25, 0.3) is 0 Å². The largest absolute Gasteiger partial charge is 0.330 e. The van der Waals surface area contributed by atoms with Gasteiger partial charge in [-0.1, -0.05) is 27.2 Å². The van der Waals surface area contributed by atoms with E-state index in [4.69, 9.17) is 5.73 Å². The summed E-state index contributed by atoms with van der Waals surface area (Å²) in [6.07, 6.45) is 2.95. The molecule has 4 nitrogen and oxygen atoms in total. The van der Waals surface area contributed by atoms with E-state index in [9.17, 15) is 8.42 Å². The zero-order chi connectivity index (χ0) is 15.0. The Labute approximate surface area is 125 Å². The van der Waals surface area contributed by atoms with E-state index in [1.165, 1.54) is 11.3 Å². The van der Waals surface area contributed by atoms with Crippen molar-refractivity contribution in [3.8, 4) is 0 Å². The van der Waals surface area contributed by atoms with E-state index in [2.05, 4.69) is 25.5 Å². The van der Waals surface area contributed by atoms with Crippen molar-refractivity contribution in [2.75, 3.05) is 6.54 Å². The lowest BCUT2D eigenvalue weighted by Gasteiger charge is -2.19. The molecule has 1 aromatic heterocycles. The normalized spacial score (nSPS) is 24.2. The standard InChI is InChI=1S/C14H24N2O2S2/c1-14(2,3)12-7-8-13(19-12)20(17,18)16-11-6-4-5-10(11)9-15/h7-8,10-11,16H,4-6,9,15H2,1-3H3. The Morgan fingerprint density at radius 3 is 2.60 bits per heavy atom. The van der Waals surface area contributed by atoms with E-state index < -0.39 is 10.0 Å². The number of rotatable bonds is 4. The van der Waals surface area contributed by atoms with Crippen LogP contribution in [0.3, 0.4) is 0 Å². The molecule has 0 bridgehead atoms. The predicted molar refractivity (Wildman–Crippen MR) is 83.5 cm³/mol. The van der Waals surface area contributed by atoms with Crippen LogP contribution in [0.1, 0.15) is 44.9 Å². The van der Waals surface area contributed by atoms with Crippen LogP contribution < -0.4 is 10.5 Å². The minimum absolute atomic E-state index is 0.00909. The molecule has 1 fully saturated rings. The summed E-state index contributed by atoms with van der Waals surface area (Å²) in [7, 11) is -3.41. The van der Waals surface area contributed by atoms with Crippen molar-refractivity contribution in [3.63, 3.8) is 0 Å². The van der Waals surface area contributed by atoms with E-state index in [0.717, 1.165) is 24.1 Å². The zero-order valence-corrected chi connectivity index (χ0v) is 14.0. The Morgan fingerprint density at radius 2 is 2.05 bits per heavy atom. The molecule has 6 heteroatoms. The Bertz CT molecular complexity index is 558. The average Bonchev–Trinajstić information content (AvgIpc) is 2.94. The third-order valence-corrected chi connectivity index (χ3v) is 7.35. The lowest BCUT2D eigenvalue weighted by atomic mass is 9.95. The monoisotopic (exact) mass is 316 g/mol. The van der Waals surface area contributed by atoms with Crippen LogP contribution in [0, 0.1) is 5.92 Å². The third-order valence-electron chi connectivity index (χ3n) is 3.85. The Morgan fingerprint density at radius 1 is 1.35 bits per heavy atom. The fourth-order valence-corrected chi connectivity index (χ4v) is 5.32. The van der Waals surface area contributed by atoms with Crippen LogP contribution in [0.5, 0.6) is 0 Å². The van der Waals surface area contributed by atoms with E-state index >= 15 is 0 Å². The average molecular weight is 316 g/mol. The summed E-state index contributed by atoms with van der Waals surface area (Å²) in [6.45, 7) is 6.81. The van der Waals surface area contributed by atoms with Gasteiger partial charge >= 0.3 is 0 Å². The van der Waals surface area contributed by atoms with Gasteiger partial charge in [0, 0.05) is 10.9 Å². The molecule has 0 aromatic carbocycles. The molecule has 1 aromatic rings. The molecule has 1 aliphatic rings. The molecule has 0 radical (unpaired) electrons. The molecular weight excluding hydrogens is 292 g/mol. The molecule has 2 atom stereocenters. The summed E-state index contributed by atoms with van der Waals surface area (Å²) in [5.41, 5.74) is 5.69. The molecule has 1 saturated carbocycles. The third kappa shape index (κ3) is 3.42. The number of hydrogen-bond donors (Lipinski definition) is 2. The van der Waals surface area contributed by atoms with Gasteiger partial charge in [0.2, 0.25) is 10.0 Å². The highest BCUT2D eigenvalue weighted by molar-refractivity contribution is 7.91. The van der Waals surface area contributed by atoms with Crippen molar-refractivity contribution in [1.82, 2.24) is 4.72 Å². The summed E-state index contributed by atoms with van der Waals surface area (Å²) >= 11 is 1.36. The molecule has 20 heavy (non-hydrogen) atoms. The summed E-state index contributed by atoms with van der Waals surface area (Å²) in [5, 5.41) is 0. The maximum Gasteiger partial charge on any atom is 0.250 e. The summed E-state index contributed by atoms with van der Waals surface area (Å²) in [4.78, 5) is 1.08. The molecule has 3 N–H and O–H groups in total. The van der Waals surface area contributed by atoms with E-state index in [1.807, 2.05) is 6.07 Å². The molecule has 0 spiro atoms. The van der Waals surface area contributed by atoms with E-state index in [1.54, 1.807) is 6.07 Å². The first kappa shape index (κ1) is 15.9. The minimum Gasteiger partial charge on any atom is -0.330 e. The predicted octanol–water partition coefficient (Wildman–Crippen LogP) is 2.45. The molecule has 0 saturated heterocycles. The fraction of sp³-hybridized carbons (Fsp3) is 0.714. The molecule has 2 rings (SSSR count). The molecule has 0 aliphatic heterocycles. The van der Waals surface area contributed by atoms with Gasteiger partial charge in [-0.15, -0.1) is 11.3 Å². The van der Waals surface area contributed by atoms with Gasteiger partial charge < -0.3 is 5.73 Å². The zero-order valence-electron chi connectivity index (χ0n) is 12.3. The molecule has 0 amide bonds. The second kappa shape index (κ2) is 5.75. The van der Waals surface area contributed by atoms with Gasteiger partial charge in [0.15, 0.2) is 0 Å². The Kier molecular flexibility index (Phi) is 4.59. The van der Waals surface area contributed by atoms with Crippen LogP contribution in [-0.4, -0.2) is 21.0 Å². The van der Waals surface area contributed by atoms with Crippen molar-refractivity contribution in [2.24, 2.45) is 11.7 Å². The smallest absolute Gasteiger partial charge is 0.250 e. The van der Waals surface area contributed by atoms with Crippen LogP contribution >= 0.6 is 11.3 Å². The molecule has 2 unspecified atom stereocenters. The second-order valence-corrected chi connectivity index (χ2v) is 9.55. The van der Waals surface area contributed by atoms with Gasteiger partial charge in [-0.2, -0.15) is 0 Å². The maximum absolute atomic E-state index is 12.4. The van der Waals surface area contributed by atoms with Gasteiger partial charge in [-0.25, -0.2) is 13.1 Å². The van der Waals surface area contributed by atoms with Crippen molar-refractivity contribution in [1.29, 1.82) is 0 Å². The van der Waals surface area contributed by atoms with Gasteiger partial charge in [0.1, 0.15) is 4.21 Å². The van der Waals surface area contributed by atoms with Crippen molar-refractivity contribution >= 4 is 21.4 Å². The Balaban J connectivity index is 2.16.